The first-order valence-electron chi connectivity index (χ1n) is 6.42. The highest BCUT2D eigenvalue weighted by Crippen LogP contribution is 2.47. The van der Waals surface area contributed by atoms with Gasteiger partial charge in [0.05, 0.1) is 11.4 Å². The molecule has 1 fully saturated rings. The first-order valence-corrected chi connectivity index (χ1v) is 8.44. The molecular weight excluding hydrogens is 326 g/mol. The van der Waals surface area contributed by atoms with E-state index in [0.717, 1.165) is 41.7 Å². The molecule has 0 bridgehead atoms. The topological polar surface area (TPSA) is 38.3 Å². The van der Waals surface area contributed by atoms with Crippen LogP contribution >= 0.6 is 27.7 Å². The first kappa shape index (κ1) is 13.3. The Bertz CT molecular complexity index is 528. The normalized spacial score (nSPS) is 18.6. The Hall–Kier alpha value is -0.680. The third kappa shape index (κ3) is 2.50. The summed E-state index contributed by atoms with van der Waals surface area (Å²) in [6.45, 7) is 1.28. The number of ether oxygens (including phenoxy) is 1. The van der Waals surface area contributed by atoms with E-state index in [1.54, 1.807) is 11.8 Å². The van der Waals surface area contributed by atoms with E-state index in [2.05, 4.69) is 27.3 Å². The molecule has 1 aliphatic carbocycles. The summed E-state index contributed by atoms with van der Waals surface area (Å²) >= 11 is 5.17. The average Bonchev–Trinajstić information content (AvgIpc) is 3.07. The number of nitrogens with one attached hydrogen (secondary N) is 1. The van der Waals surface area contributed by atoms with E-state index in [1.807, 2.05) is 12.3 Å². The molecule has 0 spiro atoms. The minimum atomic E-state index is -0.157. The lowest BCUT2D eigenvalue weighted by atomic mass is 10.1. The number of carbonyl (C=O) groups is 1. The van der Waals surface area contributed by atoms with Crippen molar-refractivity contribution in [3.8, 4) is 5.75 Å². The van der Waals surface area contributed by atoms with Gasteiger partial charge in [0, 0.05) is 23.0 Å². The molecule has 3 rings (SSSR count). The van der Waals surface area contributed by atoms with Crippen molar-refractivity contribution in [3.05, 3.63) is 27.7 Å². The van der Waals surface area contributed by atoms with E-state index in [9.17, 15) is 4.79 Å². The third-order valence-electron chi connectivity index (χ3n) is 3.77. The van der Waals surface area contributed by atoms with Crippen molar-refractivity contribution >= 4 is 33.6 Å². The number of hydrogen-bond acceptors (Lipinski definition) is 3. The van der Waals surface area contributed by atoms with E-state index >= 15 is 0 Å². The molecule has 5 heteroatoms. The molecule has 1 N–H and O–H groups in total. The van der Waals surface area contributed by atoms with Crippen LogP contribution in [0.1, 0.15) is 24.0 Å². The summed E-state index contributed by atoms with van der Waals surface area (Å²) in [6.07, 6.45) is 4.94. The molecule has 1 aromatic carbocycles. The molecule has 1 aliphatic heterocycles. The van der Waals surface area contributed by atoms with Crippen molar-refractivity contribution in [1.82, 2.24) is 5.32 Å². The van der Waals surface area contributed by atoms with Gasteiger partial charge in [-0.15, -0.1) is 11.8 Å². The lowest BCUT2D eigenvalue weighted by Crippen LogP contribution is -2.33. The summed E-state index contributed by atoms with van der Waals surface area (Å²) in [5.41, 5.74) is 2.29. The minimum Gasteiger partial charge on any atom is -0.493 e. The average molecular weight is 342 g/mol. The van der Waals surface area contributed by atoms with Gasteiger partial charge in [-0.05, 0) is 36.8 Å². The van der Waals surface area contributed by atoms with Crippen molar-refractivity contribution in [2.24, 2.45) is 0 Å². The highest BCUT2D eigenvalue weighted by Gasteiger charge is 2.49. The van der Waals surface area contributed by atoms with Crippen LogP contribution in [-0.4, -0.2) is 23.5 Å². The monoisotopic (exact) mass is 341 g/mol. The Kier molecular flexibility index (Phi) is 3.52. The quantitative estimate of drug-likeness (QED) is 0.914. The summed E-state index contributed by atoms with van der Waals surface area (Å²) < 4.78 is 6.56. The van der Waals surface area contributed by atoms with Gasteiger partial charge in [0.25, 0.3) is 0 Å². The lowest BCUT2D eigenvalue weighted by Gasteiger charge is -2.14. The molecule has 3 nitrogen and oxygen atoms in total. The second kappa shape index (κ2) is 5.02. The van der Waals surface area contributed by atoms with Crippen molar-refractivity contribution in [1.29, 1.82) is 0 Å². The zero-order valence-corrected chi connectivity index (χ0v) is 13.2. The maximum atomic E-state index is 12.1. The van der Waals surface area contributed by atoms with Gasteiger partial charge < -0.3 is 10.1 Å². The number of fused-ring (bicyclic) bond motifs is 1. The SMILES string of the molecule is CSC1(C(=O)NCc2cc(Br)cc3c2OCC3)CC1. The second-order valence-corrected chi connectivity index (χ2v) is 7.14. The largest absolute Gasteiger partial charge is 0.493 e. The van der Waals surface area contributed by atoms with E-state index < -0.39 is 0 Å². The number of hydrogen-bond donors (Lipinski definition) is 1. The number of benzene rings is 1. The number of thioether (sulfide) groups is 1. The fraction of sp³-hybridized carbons (Fsp3) is 0.500. The van der Waals surface area contributed by atoms with Crippen molar-refractivity contribution in [2.75, 3.05) is 12.9 Å². The zero-order chi connectivity index (χ0) is 13.5. The van der Waals surface area contributed by atoms with Gasteiger partial charge in [-0.25, -0.2) is 0 Å². The van der Waals surface area contributed by atoms with Gasteiger partial charge in [-0.3, -0.25) is 4.79 Å². The van der Waals surface area contributed by atoms with Crippen LogP contribution in [0.15, 0.2) is 16.6 Å². The van der Waals surface area contributed by atoms with E-state index in [-0.39, 0.29) is 10.7 Å². The number of halogens is 1. The Morgan fingerprint density at radius 3 is 3.00 bits per heavy atom. The minimum absolute atomic E-state index is 0.157. The zero-order valence-electron chi connectivity index (χ0n) is 10.8. The van der Waals surface area contributed by atoms with Crippen LogP contribution in [0.2, 0.25) is 0 Å². The lowest BCUT2D eigenvalue weighted by molar-refractivity contribution is -0.121. The van der Waals surface area contributed by atoms with E-state index in [1.165, 1.54) is 5.56 Å². The van der Waals surface area contributed by atoms with Crippen molar-refractivity contribution in [3.63, 3.8) is 0 Å². The van der Waals surface area contributed by atoms with Crippen LogP contribution in [0.3, 0.4) is 0 Å². The second-order valence-electron chi connectivity index (χ2n) is 5.03. The Labute approximate surface area is 125 Å². The summed E-state index contributed by atoms with van der Waals surface area (Å²) in [4.78, 5) is 12.1. The van der Waals surface area contributed by atoms with Crippen LogP contribution < -0.4 is 10.1 Å². The standard InChI is InChI=1S/C14H16BrNO2S/c1-19-14(3-4-14)13(17)16-8-10-7-11(15)6-9-2-5-18-12(9)10/h6-7H,2-5,8H2,1H3,(H,16,17). The highest BCUT2D eigenvalue weighted by molar-refractivity contribution is 9.10. The summed E-state index contributed by atoms with van der Waals surface area (Å²) in [5, 5.41) is 3.05. The van der Waals surface area contributed by atoms with E-state index in [0.29, 0.717) is 6.54 Å². The van der Waals surface area contributed by atoms with Crippen LogP contribution in [0.5, 0.6) is 5.75 Å². The number of carbonyl (C=O) groups excluding carboxylic acids is 1. The smallest absolute Gasteiger partial charge is 0.236 e. The van der Waals surface area contributed by atoms with Crippen molar-refractivity contribution in [2.45, 2.75) is 30.6 Å². The predicted molar refractivity (Wildman–Crippen MR) is 80.7 cm³/mol. The van der Waals surface area contributed by atoms with E-state index in [4.69, 9.17) is 4.74 Å². The van der Waals surface area contributed by atoms with Crippen LogP contribution in [0, 0.1) is 0 Å². The highest BCUT2D eigenvalue weighted by atomic mass is 79.9. The number of amides is 1. The molecule has 0 aromatic heterocycles. The third-order valence-corrected chi connectivity index (χ3v) is 5.61. The summed E-state index contributed by atoms with van der Waals surface area (Å²) in [6, 6.07) is 4.13. The molecule has 1 heterocycles. The molecule has 0 saturated heterocycles. The molecule has 0 radical (unpaired) electrons. The molecule has 1 amide bonds. The maximum absolute atomic E-state index is 12.1. The van der Waals surface area contributed by atoms with Gasteiger partial charge in [0.1, 0.15) is 5.75 Å². The van der Waals surface area contributed by atoms with Gasteiger partial charge in [-0.1, -0.05) is 15.9 Å². The molecule has 102 valence electrons. The van der Waals surface area contributed by atoms with Crippen LogP contribution in [0.4, 0.5) is 0 Å². The predicted octanol–water partition coefficient (Wildman–Crippen LogP) is 2.90. The van der Waals surface area contributed by atoms with Crippen LogP contribution in [0.25, 0.3) is 0 Å². The Balaban J connectivity index is 1.72. The fourth-order valence-electron chi connectivity index (χ4n) is 2.45. The summed E-state index contributed by atoms with van der Waals surface area (Å²) in [5.74, 6) is 1.12. The molecule has 1 aromatic rings. The molecule has 1 saturated carbocycles. The maximum Gasteiger partial charge on any atom is 0.236 e. The summed E-state index contributed by atoms with van der Waals surface area (Å²) in [7, 11) is 0. The molecule has 0 unspecified atom stereocenters. The molecule has 19 heavy (non-hydrogen) atoms. The molecular formula is C14H16BrNO2S. The Morgan fingerprint density at radius 1 is 1.53 bits per heavy atom. The van der Waals surface area contributed by atoms with Crippen LogP contribution in [-0.2, 0) is 17.8 Å². The first-order chi connectivity index (χ1) is 9.14. The fourth-order valence-corrected chi connectivity index (χ4v) is 3.77. The van der Waals surface area contributed by atoms with Gasteiger partial charge in [-0.2, -0.15) is 0 Å². The molecule has 2 aliphatic rings. The van der Waals surface area contributed by atoms with Crippen molar-refractivity contribution < 1.29 is 9.53 Å². The van der Waals surface area contributed by atoms with Gasteiger partial charge >= 0.3 is 0 Å². The number of rotatable bonds is 4. The Morgan fingerprint density at radius 2 is 2.32 bits per heavy atom. The van der Waals surface area contributed by atoms with Gasteiger partial charge in [0.15, 0.2) is 0 Å². The molecule has 0 atom stereocenters. The van der Waals surface area contributed by atoms with Gasteiger partial charge in [0.2, 0.25) is 5.91 Å².